The average molecular weight is 374 g/mol. The minimum atomic E-state index is -3.73. The molecule has 0 atom stereocenters. The van der Waals surface area contributed by atoms with Gasteiger partial charge in [-0.05, 0) is 42.3 Å². The van der Waals surface area contributed by atoms with Crippen molar-refractivity contribution >= 4 is 20.8 Å². The fraction of sp³-hybridized carbons (Fsp3) is 0.167. The molecule has 134 valence electrons. The monoisotopic (exact) mass is 374 g/mol. The van der Waals surface area contributed by atoms with Gasteiger partial charge in [-0.15, -0.1) is 0 Å². The largest absolute Gasteiger partial charge is 0.454 e. The lowest BCUT2D eigenvalue weighted by atomic mass is 10.1. The fourth-order valence-corrected chi connectivity index (χ4v) is 4.42. The van der Waals surface area contributed by atoms with E-state index in [2.05, 4.69) is 9.71 Å². The number of halogens is 1. The molecule has 26 heavy (non-hydrogen) atoms. The lowest BCUT2D eigenvalue weighted by molar-refractivity contribution is 0.174. The number of hydrogen-bond acceptors (Lipinski definition) is 5. The predicted molar refractivity (Wildman–Crippen MR) is 94.8 cm³/mol. The number of aliphatic imine (C=N–C) groups is 1. The molecule has 1 N–H and O–H groups in total. The minimum Gasteiger partial charge on any atom is -0.454 e. The Balaban J connectivity index is 1.65. The highest BCUT2D eigenvalue weighted by atomic mass is 32.2. The first kappa shape index (κ1) is 16.6. The number of nitrogens with one attached hydrogen (secondary N) is 1. The maximum Gasteiger partial charge on any atom is 0.264 e. The standard InChI is InChI=1S/C18H15FN2O4S/c1-11-17(13-3-5-14(19)6-4-13)26(22,23)21-18(11)20-9-12-2-7-15-16(8-12)25-10-24-15/h2-8H,9-10H2,1H3,(H,20,21). The summed E-state index contributed by atoms with van der Waals surface area (Å²) in [6.07, 6.45) is 0. The van der Waals surface area contributed by atoms with Crippen LogP contribution in [0.4, 0.5) is 4.39 Å². The molecule has 0 spiro atoms. The van der Waals surface area contributed by atoms with E-state index in [1.54, 1.807) is 13.0 Å². The number of hydrogen-bond donors (Lipinski definition) is 1. The number of sulfonamides is 1. The van der Waals surface area contributed by atoms with Crippen molar-refractivity contribution in [2.45, 2.75) is 13.5 Å². The first-order valence-corrected chi connectivity index (χ1v) is 9.35. The van der Waals surface area contributed by atoms with E-state index in [0.717, 1.165) is 5.56 Å². The fourth-order valence-electron chi connectivity index (χ4n) is 2.90. The van der Waals surface area contributed by atoms with Crippen LogP contribution in [0.15, 0.2) is 53.0 Å². The van der Waals surface area contributed by atoms with E-state index in [1.165, 1.54) is 24.3 Å². The Labute approximate surface area is 150 Å². The van der Waals surface area contributed by atoms with Crippen LogP contribution in [0.1, 0.15) is 18.1 Å². The van der Waals surface area contributed by atoms with Crippen molar-refractivity contribution in [1.29, 1.82) is 0 Å². The van der Waals surface area contributed by atoms with E-state index in [-0.39, 0.29) is 24.1 Å². The van der Waals surface area contributed by atoms with E-state index in [1.807, 2.05) is 12.1 Å². The molecule has 0 aliphatic carbocycles. The quantitative estimate of drug-likeness (QED) is 0.896. The third kappa shape index (κ3) is 2.92. The van der Waals surface area contributed by atoms with Crippen LogP contribution in [-0.4, -0.2) is 21.0 Å². The second kappa shape index (κ2) is 6.14. The number of fused-ring (bicyclic) bond motifs is 1. The second-order valence-electron chi connectivity index (χ2n) is 5.92. The van der Waals surface area contributed by atoms with Gasteiger partial charge in [0.1, 0.15) is 16.6 Å². The van der Waals surface area contributed by atoms with Gasteiger partial charge in [0.15, 0.2) is 11.5 Å². The van der Waals surface area contributed by atoms with Gasteiger partial charge in [-0.3, -0.25) is 9.71 Å². The predicted octanol–water partition coefficient (Wildman–Crippen LogP) is 2.82. The maximum atomic E-state index is 13.1. The number of nitrogens with zero attached hydrogens (tertiary/aromatic N) is 1. The third-order valence-electron chi connectivity index (χ3n) is 4.16. The van der Waals surface area contributed by atoms with Gasteiger partial charge in [0.2, 0.25) is 6.79 Å². The molecule has 2 aliphatic rings. The first-order valence-electron chi connectivity index (χ1n) is 7.87. The van der Waals surface area contributed by atoms with Crippen molar-refractivity contribution in [3.8, 4) is 11.5 Å². The Bertz CT molecular complexity index is 1040. The van der Waals surface area contributed by atoms with E-state index < -0.39 is 15.8 Å². The molecule has 8 heteroatoms. The van der Waals surface area contributed by atoms with Crippen molar-refractivity contribution in [3.63, 3.8) is 0 Å². The second-order valence-corrected chi connectivity index (χ2v) is 7.54. The van der Waals surface area contributed by atoms with Crippen LogP contribution in [0.3, 0.4) is 0 Å². The summed E-state index contributed by atoms with van der Waals surface area (Å²) in [7, 11) is -3.73. The van der Waals surface area contributed by atoms with E-state index >= 15 is 0 Å². The van der Waals surface area contributed by atoms with Crippen LogP contribution in [-0.2, 0) is 16.6 Å². The number of rotatable bonds is 3. The number of benzene rings is 2. The van der Waals surface area contributed by atoms with Crippen LogP contribution < -0.4 is 14.2 Å². The van der Waals surface area contributed by atoms with Gasteiger partial charge < -0.3 is 9.47 Å². The molecule has 0 saturated heterocycles. The van der Waals surface area contributed by atoms with Crippen LogP contribution >= 0.6 is 0 Å². The Hall–Kier alpha value is -2.87. The Morgan fingerprint density at radius 2 is 1.85 bits per heavy atom. The molecule has 0 bridgehead atoms. The topological polar surface area (TPSA) is 77.0 Å². The maximum absolute atomic E-state index is 13.1. The summed E-state index contributed by atoms with van der Waals surface area (Å²) >= 11 is 0. The molecule has 4 rings (SSSR count). The molecule has 2 aromatic carbocycles. The molecule has 0 fully saturated rings. The Morgan fingerprint density at radius 1 is 1.12 bits per heavy atom. The van der Waals surface area contributed by atoms with Crippen molar-refractivity contribution in [2.24, 2.45) is 4.99 Å². The van der Waals surface area contributed by atoms with Crippen molar-refractivity contribution in [1.82, 2.24) is 4.72 Å². The summed E-state index contributed by atoms with van der Waals surface area (Å²) in [4.78, 5) is 4.50. The summed E-state index contributed by atoms with van der Waals surface area (Å²) in [6, 6.07) is 10.8. The number of ether oxygens (including phenoxy) is 2. The zero-order valence-corrected chi connectivity index (χ0v) is 14.6. The van der Waals surface area contributed by atoms with Crippen molar-refractivity contribution in [2.75, 3.05) is 6.79 Å². The van der Waals surface area contributed by atoms with E-state index in [9.17, 15) is 12.8 Å². The molecule has 2 heterocycles. The molecule has 2 aromatic rings. The van der Waals surface area contributed by atoms with Crippen LogP contribution in [0, 0.1) is 5.82 Å². The molecule has 2 aliphatic heterocycles. The summed E-state index contributed by atoms with van der Waals surface area (Å²) in [5.41, 5.74) is 1.78. The lowest BCUT2D eigenvalue weighted by Crippen LogP contribution is -2.23. The number of amidine groups is 1. The zero-order chi connectivity index (χ0) is 18.3. The highest BCUT2D eigenvalue weighted by Gasteiger charge is 2.32. The summed E-state index contributed by atoms with van der Waals surface area (Å²) in [6.45, 7) is 2.15. The van der Waals surface area contributed by atoms with Gasteiger partial charge in [0, 0.05) is 5.57 Å². The van der Waals surface area contributed by atoms with Crippen LogP contribution in [0.25, 0.3) is 4.91 Å². The van der Waals surface area contributed by atoms with Crippen molar-refractivity contribution in [3.05, 3.63) is 65.0 Å². The molecule has 0 aromatic heterocycles. The normalized spacial score (nSPS) is 19.1. The highest BCUT2D eigenvalue weighted by molar-refractivity contribution is 8.00. The lowest BCUT2D eigenvalue weighted by Gasteiger charge is -2.02. The first-order chi connectivity index (χ1) is 12.4. The average Bonchev–Trinajstić information content (AvgIpc) is 3.16. The molecular weight excluding hydrogens is 359 g/mol. The van der Waals surface area contributed by atoms with Gasteiger partial charge in [-0.2, -0.15) is 0 Å². The smallest absolute Gasteiger partial charge is 0.264 e. The van der Waals surface area contributed by atoms with E-state index in [0.29, 0.717) is 22.6 Å². The van der Waals surface area contributed by atoms with Crippen molar-refractivity contribution < 1.29 is 22.3 Å². The summed E-state index contributed by atoms with van der Waals surface area (Å²) in [5, 5.41) is 0. The van der Waals surface area contributed by atoms with Crippen LogP contribution in [0.2, 0.25) is 0 Å². The molecule has 6 nitrogen and oxygen atoms in total. The van der Waals surface area contributed by atoms with Gasteiger partial charge in [0.05, 0.1) is 6.54 Å². The van der Waals surface area contributed by atoms with Gasteiger partial charge in [0.25, 0.3) is 10.0 Å². The minimum absolute atomic E-state index is 0.113. The molecular formula is C18H15FN2O4S. The zero-order valence-electron chi connectivity index (χ0n) is 13.8. The van der Waals surface area contributed by atoms with E-state index in [4.69, 9.17) is 9.47 Å². The molecule has 0 unspecified atom stereocenters. The highest BCUT2D eigenvalue weighted by Crippen LogP contribution is 2.33. The Kier molecular flexibility index (Phi) is 3.91. The van der Waals surface area contributed by atoms with Gasteiger partial charge in [-0.25, -0.2) is 12.8 Å². The third-order valence-corrected chi connectivity index (χ3v) is 5.70. The van der Waals surface area contributed by atoms with Gasteiger partial charge in [-0.1, -0.05) is 18.2 Å². The van der Waals surface area contributed by atoms with Gasteiger partial charge >= 0.3 is 0 Å². The molecule has 0 saturated carbocycles. The summed E-state index contributed by atoms with van der Waals surface area (Å²) < 4.78 is 51.1. The SMILES string of the molecule is CC1=C(c2ccc(F)cc2)S(=O)(=O)NC1=NCc1ccc2c(c1)OCO2. The Morgan fingerprint density at radius 3 is 2.62 bits per heavy atom. The molecule has 0 radical (unpaired) electrons. The van der Waals surface area contributed by atoms with Crippen LogP contribution in [0.5, 0.6) is 11.5 Å². The summed E-state index contributed by atoms with van der Waals surface area (Å²) in [5.74, 6) is 1.18. The molecule has 0 amide bonds.